The highest BCUT2D eigenvalue weighted by molar-refractivity contribution is 7.99. The predicted molar refractivity (Wildman–Crippen MR) is 98.7 cm³/mol. The molecule has 4 rings (SSSR count). The summed E-state index contributed by atoms with van der Waals surface area (Å²) in [5, 5.41) is 4.82. The van der Waals surface area contributed by atoms with Crippen molar-refractivity contribution in [3.63, 3.8) is 0 Å². The number of halogens is 1. The fraction of sp³-hybridized carbons (Fsp3) is 0.158. The minimum Gasteiger partial charge on any atom is -0.345 e. The molecule has 2 heterocycles. The average Bonchev–Trinajstić information content (AvgIpc) is 2.61. The Morgan fingerprint density at radius 2 is 2.08 bits per heavy atom. The SMILES string of the molecule is O=C(NC1CCSc2ccc(Cl)cc21)c1cccc2cccnc12. The Labute approximate surface area is 149 Å². The zero-order valence-corrected chi connectivity index (χ0v) is 14.4. The lowest BCUT2D eigenvalue weighted by atomic mass is 10.0. The Balaban J connectivity index is 1.67. The molecular weight excluding hydrogens is 340 g/mol. The van der Waals surface area contributed by atoms with E-state index in [1.165, 1.54) is 4.90 Å². The van der Waals surface area contributed by atoms with E-state index in [0.717, 1.165) is 28.6 Å². The van der Waals surface area contributed by atoms with E-state index in [-0.39, 0.29) is 11.9 Å². The zero-order valence-electron chi connectivity index (χ0n) is 12.8. The summed E-state index contributed by atoms with van der Waals surface area (Å²) in [4.78, 5) is 18.4. The highest BCUT2D eigenvalue weighted by Crippen LogP contribution is 2.37. The highest BCUT2D eigenvalue weighted by Gasteiger charge is 2.23. The van der Waals surface area contributed by atoms with E-state index < -0.39 is 0 Å². The highest BCUT2D eigenvalue weighted by atomic mass is 35.5. The van der Waals surface area contributed by atoms with E-state index in [4.69, 9.17) is 11.6 Å². The number of nitrogens with one attached hydrogen (secondary N) is 1. The molecule has 1 aliphatic rings. The van der Waals surface area contributed by atoms with E-state index >= 15 is 0 Å². The van der Waals surface area contributed by atoms with E-state index in [1.54, 1.807) is 18.0 Å². The molecule has 0 fully saturated rings. The first-order valence-corrected chi connectivity index (χ1v) is 9.15. The van der Waals surface area contributed by atoms with Gasteiger partial charge < -0.3 is 5.32 Å². The number of carbonyl (C=O) groups is 1. The first kappa shape index (κ1) is 15.5. The topological polar surface area (TPSA) is 42.0 Å². The average molecular weight is 355 g/mol. The van der Waals surface area contributed by atoms with Crippen LogP contribution in [0.2, 0.25) is 5.02 Å². The van der Waals surface area contributed by atoms with Crippen LogP contribution in [-0.2, 0) is 0 Å². The van der Waals surface area contributed by atoms with Crippen molar-refractivity contribution in [1.82, 2.24) is 10.3 Å². The summed E-state index contributed by atoms with van der Waals surface area (Å²) >= 11 is 7.95. The molecular formula is C19H15ClN2OS. The zero-order chi connectivity index (χ0) is 16.5. The second-order valence-corrected chi connectivity index (χ2v) is 7.30. The minimum absolute atomic E-state index is 0.0218. The summed E-state index contributed by atoms with van der Waals surface area (Å²) in [7, 11) is 0. The van der Waals surface area contributed by atoms with Crippen LogP contribution >= 0.6 is 23.4 Å². The van der Waals surface area contributed by atoms with Gasteiger partial charge in [-0.2, -0.15) is 0 Å². The third-order valence-corrected chi connectivity index (χ3v) is 5.55. The fourth-order valence-electron chi connectivity index (χ4n) is 3.04. The summed E-state index contributed by atoms with van der Waals surface area (Å²) in [5.41, 5.74) is 2.43. The Hall–Kier alpha value is -2.04. The van der Waals surface area contributed by atoms with Gasteiger partial charge in [-0.25, -0.2) is 0 Å². The van der Waals surface area contributed by atoms with Crippen LogP contribution in [0, 0.1) is 0 Å². The first-order chi connectivity index (χ1) is 11.7. The number of thioether (sulfide) groups is 1. The van der Waals surface area contributed by atoms with E-state index in [1.807, 2.05) is 48.5 Å². The van der Waals surface area contributed by atoms with Gasteiger partial charge in [0.15, 0.2) is 0 Å². The quantitative estimate of drug-likeness (QED) is 0.715. The molecule has 1 amide bonds. The Kier molecular flexibility index (Phi) is 4.17. The number of fused-ring (bicyclic) bond motifs is 2. The van der Waals surface area contributed by atoms with Gasteiger partial charge in [-0.15, -0.1) is 11.8 Å². The van der Waals surface area contributed by atoms with Gasteiger partial charge in [0.1, 0.15) is 0 Å². The molecule has 0 saturated heterocycles. The summed E-state index contributed by atoms with van der Waals surface area (Å²) < 4.78 is 0. The molecule has 0 spiro atoms. The monoisotopic (exact) mass is 354 g/mol. The molecule has 5 heteroatoms. The second kappa shape index (κ2) is 6.46. The molecule has 1 aromatic heterocycles. The smallest absolute Gasteiger partial charge is 0.253 e. The summed E-state index contributed by atoms with van der Waals surface area (Å²) in [6.45, 7) is 0. The number of rotatable bonds is 2. The number of nitrogens with zero attached hydrogens (tertiary/aromatic N) is 1. The molecule has 0 aliphatic carbocycles. The molecule has 3 nitrogen and oxygen atoms in total. The van der Waals surface area contributed by atoms with Crippen LogP contribution in [0.3, 0.4) is 0 Å². The van der Waals surface area contributed by atoms with Gasteiger partial charge in [-0.05, 0) is 42.3 Å². The number of pyridine rings is 1. The fourth-order valence-corrected chi connectivity index (χ4v) is 4.32. The van der Waals surface area contributed by atoms with Crippen LogP contribution in [0.5, 0.6) is 0 Å². The maximum atomic E-state index is 12.8. The van der Waals surface area contributed by atoms with Crippen molar-refractivity contribution in [3.8, 4) is 0 Å². The molecule has 3 aromatic rings. The molecule has 24 heavy (non-hydrogen) atoms. The van der Waals surface area contributed by atoms with E-state index in [2.05, 4.69) is 10.3 Å². The summed E-state index contributed by atoms with van der Waals surface area (Å²) in [5.74, 6) is 0.884. The van der Waals surface area contributed by atoms with Crippen LogP contribution in [0.25, 0.3) is 10.9 Å². The summed E-state index contributed by atoms with van der Waals surface area (Å²) in [6, 6.07) is 15.4. The van der Waals surface area contributed by atoms with Crippen molar-refractivity contribution in [2.75, 3.05) is 5.75 Å². The molecule has 0 radical (unpaired) electrons. The van der Waals surface area contributed by atoms with E-state index in [9.17, 15) is 4.79 Å². The molecule has 1 atom stereocenters. The number of para-hydroxylation sites is 1. The van der Waals surface area contributed by atoms with Gasteiger partial charge in [0.05, 0.1) is 17.1 Å². The number of aromatic nitrogens is 1. The van der Waals surface area contributed by atoms with Gasteiger partial charge in [-0.3, -0.25) is 9.78 Å². The van der Waals surface area contributed by atoms with Crippen molar-refractivity contribution in [1.29, 1.82) is 0 Å². The standard InChI is InChI=1S/C19H15ClN2OS/c20-13-6-7-17-15(11-13)16(8-10-24-17)22-19(23)14-5-1-3-12-4-2-9-21-18(12)14/h1-7,9,11,16H,8,10H2,(H,22,23). The van der Waals surface area contributed by atoms with Gasteiger partial charge in [0.2, 0.25) is 0 Å². The Morgan fingerprint density at radius 1 is 1.21 bits per heavy atom. The molecule has 0 bridgehead atoms. The van der Waals surface area contributed by atoms with Gasteiger partial charge >= 0.3 is 0 Å². The molecule has 1 unspecified atom stereocenters. The van der Waals surface area contributed by atoms with Crippen molar-refractivity contribution < 1.29 is 4.79 Å². The maximum Gasteiger partial charge on any atom is 0.253 e. The van der Waals surface area contributed by atoms with Gasteiger partial charge in [-0.1, -0.05) is 29.8 Å². The van der Waals surface area contributed by atoms with Crippen molar-refractivity contribution in [2.45, 2.75) is 17.4 Å². The number of benzene rings is 2. The number of hydrogen-bond acceptors (Lipinski definition) is 3. The molecule has 1 aliphatic heterocycles. The molecule has 2 aromatic carbocycles. The first-order valence-electron chi connectivity index (χ1n) is 7.79. The van der Waals surface area contributed by atoms with Crippen LogP contribution in [0.15, 0.2) is 59.6 Å². The summed E-state index contributed by atoms with van der Waals surface area (Å²) in [6.07, 6.45) is 2.60. The third kappa shape index (κ3) is 2.87. The van der Waals surface area contributed by atoms with Crippen LogP contribution < -0.4 is 5.32 Å². The second-order valence-electron chi connectivity index (χ2n) is 5.73. The van der Waals surface area contributed by atoms with Gasteiger partial charge in [0, 0.05) is 27.3 Å². The van der Waals surface area contributed by atoms with E-state index in [0.29, 0.717) is 10.6 Å². The molecule has 1 N–H and O–H groups in total. The van der Waals surface area contributed by atoms with Crippen LogP contribution in [0.1, 0.15) is 28.4 Å². The molecule has 0 saturated carbocycles. The lowest BCUT2D eigenvalue weighted by Crippen LogP contribution is -2.30. The number of carbonyl (C=O) groups excluding carboxylic acids is 1. The Morgan fingerprint density at radius 3 is 3.00 bits per heavy atom. The maximum absolute atomic E-state index is 12.8. The molecule has 120 valence electrons. The van der Waals surface area contributed by atoms with Crippen molar-refractivity contribution in [3.05, 3.63) is 70.9 Å². The lowest BCUT2D eigenvalue weighted by Gasteiger charge is -2.26. The Bertz CT molecular complexity index is 923. The van der Waals surface area contributed by atoms with Crippen LogP contribution in [-0.4, -0.2) is 16.6 Å². The predicted octanol–water partition coefficient (Wildman–Crippen LogP) is 4.86. The lowest BCUT2D eigenvalue weighted by molar-refractivity contribution is 0.0936. The normalized spacial score (nSPS) is 16.6. The van der Waals surface area contributed by atoms with Gasteiger partial charge in [0.25, 0.3) is 5.91 Å². The van der Waals surface area contributed by atoms with Crippen LogP contribution in [0.4, 0.5) is 0 Å². The van der Waals surface area contributed by atoms with Crippen molar-refractivity contribution in [2.24, 2.45) is 0 Å². The third-order valence-electron chi connectivity index (χ3n) is 4.19. The van der Waals surface area contributed by atoms with Crippen molar-refractivity contribution >= 4 is 40.2 Å². The largest absolute Gasteiger partial charge is 0.345 e. The number of hydrogen-bond donors (Lipinski definition) is 1. The number of amides is 1. The minimum atomic E-state index is -0.0953.